The van der Waals surface area contributed by atoms with E-state index in [2.05, 4.69) is 20.9 Å². The van der Waals surface area contributed by atoms with Gasteiger partial charge in [0.05, 0.1) is 7.11 Å². The topological polar surface area (TPSA) is 57.1 Å². The summed E-state index contributed by atoms with van der Waals surface area (Å²) in [6.45, 7) is 0.405. The largest absolute Gasteiger partial charge is 0.493 e. The molecule has 0 N–H and O–H groups in total. The van der Waals surface area contributed by atoms with Crippen LogP contribution in [0.3, 0.4) is 0 Å². The third-order valence-electron chi connectivity index (χ3n) is 5.39. The van der Waals surface area contributed by atoms with Crippen molar-refractivity contribution in [1.82, 2.24) is 0 Å². The number of carbonyl (C=O) groups is 1. The molecule has 0 aliphatic carbocycles. The number of aliphatic imine (C=N–C) groups is 1. The zero-order valence-electron chi connectivity index (χ0n) is 18.3. The van der Waals surface area contributed by atoms with Crippen molar-refractivity contribution in [3.8, 4) is 11.5 Å². The number of esters is 1. The van der Waals surface area contributed by atoms with Crippen molar-refractivity contribution < 1.29 is 19.0 Å². The molecule has 0 aromatic heterocycles. The molecule has 0 amide bonds. The Bertz CT molecular complexity index is 1460. The quantitative estimate of drug-likeness (QED) is 0.217. The van der Waals surface area contributed by atoms with Gasteiger partial charge in [-0.2, -0.15) is 0 Å². The van der Waals surface area contributed by atoms with Crippen molar-refractivity contribution in [2.75, 3.05) is 7.11 Å². The Morgan fingerprint density at radius 2 is 1.76 bits per heavy atom. The summed E-state index contributed by atoms with van der Waals surface area (Å²) in [4.78, 5) is 16.9. The minimum absolute atomic E-state index is 0.230. The Morgan fingerprint density at radius 3 is 2.59 bits per heavy atom. The number of ether oxygens (including phenoxy) is 3. The van der Waals surface area contributed by atoms with Crippen molar-refractivity contribution in [3.05, 3.63) is 112 Å². The fourth-order valence-corrected chi connectivity index (χ4v) is 4.14. The highest BCUT2D eigenvalue weighted by Gasteiger charge is 2.24. The summed E-state index contributed by atoms with van der Waals surface area (Å²) >= 11 is 3.47. The highest BCUT2D eigenvalue weighted by Crippen LogP contribution is 2.31. The van der Waals surface area contributed by atoms with Gasteiger partial charge in [-0.15, -0.1) is 0 Å². The number of halogens is 1. The molecule has 6 heteroatoms. The number of cyclic esters (lactones) is 1. The summed E-state index contributed by atoms with van der Waals surface area (Å²) in [5.74, 6) is 0.980. The van der Waals surface area contributed by atoms with Crippen LogP contribution >= 0.6 is 15.9 Å². The van der Waals surface area contributed by atoms with Gasteiger partial charge >= 0.3 is 5.97 Å². The standard InChI is InChI=1S/C28H20BrNO4/c1-32-26-15-18(9-12-25(26)33-17-19-5-4-8-23(29)13-19)14-24-28(31)34-27(30-24)22-11-10-20-6-2-3-7-21(20)16-22/h2-16H,17H2,1H3. The molecular weight excluding hydrogens is 494 g/mol. The van der Waals surface area contributed by atoms with Crippen molar-refractivity contribution in [2.45, 2.75) is 6.61 Å². The van der Waals surface area contributed by atoms with Gasteiger partial charge in [0.1, 0.15) is 6.61 Å². The summed E-state index contributed by atoms with van der Waals surface area (Å²) in [6.07, 6.45) is 1.68. The van der Waals surface area contributed by atoms with Crippen LogP contribution in [0.15, 0.2) is 100 Å². The fraction of sp³-hybridized carbons (Fsp3) is 0.0714. The Labute approximate surface area is 205 Å². The molecule has 0 saturated heterocycles. The first-order valence-corrected chi connectivity index (χ1v) is 11.5. The van der Waals surface area contributed by atoms with E-state index >= 15 is 0 Å². The number of nitrogens with zero attached hydrogens (tertiary/aromatic N) is 1. The second-order valence-electron chi connectivity index (χ2n) is 7.73. The van der Waals surface area contributed by atoms with Crippen molar-refractivity contribution in [2.24, 2.45) is 4.99 Å². The van der Waals surface area contributed by atoms with Gasteiger partial charge in [-0.05, 0) is 64.4 Å². The molecule has 34 heavy (non-hydrogen) atoms. The molecule has 0 bridgehead atoms. The maximum atomic E-state index is 12.5. The Balaban J connectivity index is 1.37. The number of benzene rings is 4. The lowest BCUT2D eigenvalue weighted by atomic mass is 10.1. The zero-order chi connectivity index (χ0) is 23.5. The highest BCUT2D eigenvalue weighted by atomic mass is 79.9. The molecule has 0 spiro atoms. The van der Waals surface area contributed by atoms with Gasteiger partial charge in [-0.3, -0.25) is 0 Å². The Morgan fingerprint density at radius 1 is 0.912 bits per heavy atom. The first kappa shape index (κ1) is 21.9. The van der Waals surface area contributed by atoms with E-state index in [1.54, 1.807) is 19.3 Å². The average molecular weight is 514 g/mol. The smallest absolute Gasteiger partial charge is 0.363 e. The van der Waals surface area contributed by atoms with Crippen LogP contribution in [-0.4, -0.2) is 19.0 Å². The maximum Gasteiger partial charge on any atom is 0.363 e. The maximum absolute atomic E-state index is 12.5. The lowest BCUT2D eigenvalue weighted by Gasteiger charge is -2.11. The lowest BCUT2D eigenvalue weighted by molar-refractivity contribution is -0.129. The van der Waals surface area contributed by atoms with Crippen LogP contribution in [0, 0.1) is 0 Å². The molecule has 0 atom stereocenters. The first-order valence-electron chi connectivity index (χ1n) is 10.7. The van der Waals surface area contributed by atoms with Gasteiger partial charge < -0.3 is 14.2 Å². The van der Waals surface area contributed by atoms with Gasteiger partial charge in [0.25, 0.3) is 0 Å². The van der Waals surface area contributed by atoms with E-state index in [0.717, 1.165) is 31.9 Å². The van der Waals surface area contributed by atoms with E-state index in [9.17, 15) is 4.79 Å². The normalized spacial score (nSPS) is 14.2. The molecule has 168 valence electrons. The second kappa shape index (κ2) is 9.53. The Hall–Kier alpha value is -3.90. The molecule has 5 rings (SSSR count). The molecule has 0 saturated carbocycles. The van der Waals surface area contributed by atoms with E-state index < -0.39 is 5.97 Å². The minimum Gasteiger partial charge on any atom is -0.493 e. The lowest BCUT2D eigenvalue weighted by Crippen LogP contribution is -2.05. The fourth-order valence-electron chi connectivity index (χ4n) is 3.69. The Kier molecular flexibility index (Phi) is 6.14. The number of hydrogen-bond acceptors (Lipinski definition) is 5. The molecule has 1 aliphatic rings. The second-order valence-corrected chi connectivity index (χ2v) is 8.64. The number of fused-ring (bicyclic) bond motifs is 1. The number of methoxy groups -OCH3 is 1. The van der Waals surface area contributed by atoms with Crippen LogP contribution in [0.5, 0.6) is 11.5 Å². The summed E-state index contributed by atoms with van der Waals surface area (Å²) in [7, 11) is 1.58. The van der Waals surface area contributed by atoms with Gasteiger partial charge in [-0.25, -0.2) is 9.79 Å². The third-order valence-corrected chi connectivity index (χ3v) is 5.88. The van der Waals surface area contributed by atoms with Crippen LogP contribution in [0.25, 0.3) is 16.8 Å². The molecule has 4 aromatic rings. The van der Waals surface area contributed by atoms with Gasteiger partial charge in [-0.1, -0.05) is 64.5 Å². The number of carbonyl (C=O) groups excluding carboxylic acids is 1. The first-order chi connectivity index (χ1) is 16.6. The SMILES string of the molecule is COc1cc(C=C2N=C(c3ccc4ccccc4c3)OC2=O)ccc1OCc1cccc(Br)c1. The summed E-state index contributed by atoms with van der Waals surface area (Å²) in [6, 6.07) is 27.3. The van der Waals surface area contributed by atoms with Crippen molar-refractivity contribution >= 4 is 44.6 Å². The monoisotopic (exact) mass is 513 g/mol. The average Bonchev–Trinajstić information content (AvgIpc) is 3.22. The summed E-state index contributed by atoms with van der Waals surface area (Å²) in [5.41, 5.74) is 2.77. The zero-order valence-corrected chi connectivity index (χ0v) is 19.9. The van der Waals surface area contributed by atoms with Crippen LogP contribution < -0.4 is 9.47 Å². The predicted octanol–water partition coefficient (Wildman–Crippen LogP) is 6.53. The highest BCUT2D eigenvalue weighted by molar-refractivity contribution is 9.10. The van der Waals surface area contributed by atoms with Gasteiger partial charge in [0.2, 0.25) is 5.90 Å². The van der Waals surface area contributed by atoms with E-state index in [1.165, 1.54) is 0 Å². The predicted molar refractivity (Wildman–Crippen MR) is 136 cm³/mol. The summed E-state index contributed by atoms with van der Waals surface area (Å²) in [5, 5.41) is 2.17. The van der Waals surface area contributed by atoms with E-state index in [4.69, 9.17) is 14.2 Å². The molecule has 5 nitrogen and oxygen atoms in total. The van der Waals surface area contributed by atoms with Crippen molar-refractivity contribution in [3.63, 3.8) is 0 Å². The number of hydrogen-bond donors (Lipinski definition) is 0. The van der Waals surface area contributed by atoms with E-state index in [1.807, 2.05) is 78.9 Å². The minimum atomic E-state index is -0.489. The molecule has 4 aromatic carbocycles. The third kappa shape index (κ3) is 4.72. The van der Waals surface area contributed by atoms with Crippen molar-refractivity contribution in [1.29, 1.82) is 0 Å². The molecule has 1 heterocycles. The summed E-state index contributed by atoms with van der Waals surface area (Å²) < 4.78 is 17.9. The molecule has 0 radical (unpaired) electrons. The van der Waals surface area contributed by atoms with Gasteiger partial charge in [0.15, 0.2) is 17.2 Å². The molecule has 0 fully saturated rings. The van der Waals surface area contributed by atoms with Crippen LogP contribution in [-0.2, 0) is 16.1 Å². The van der Waals surface area contributed by atoms with Crippen LogP contribution in [0.2, 0.25) is 0 Å². The molecular formula is C28H20BrNO4. The van der Waals surface area contributed by atoms with Crippen LogP contribution in [0.4, 0.5) is 0 Å². The van der Waals surface area contributed by atoms with Crippen LogP contribution in [0.1, 0.15) is 16.7 Å². The van der Waals surface area contributed by atoms with Gasteiger partial charge in [0, 0.05) is 10.0 Å². The molecule has 1 aliphatic heterocycles. The van der Waals surface area contributed by atoms with E-state index in [-0.39, 0.29) is 5.70 Å². The number of rotatable bonds is 6. The van der Waals surface area contributed by atoms with E-state index in [0.29, 0.717) is 24.0 Å². The molecule has 0 unspecified atom stereocenters.